The zero-order valence-electron chi connectivity index (χ0n) is 20.6. The molecule has 1 amide bonds. The second-order valence-corrected chi connectivity index (χ2v) is 9.68. The molecule has 31 heavy (non-hydrogen) atoms. The molecule has 180 valence electrons. The Morgan fingerprint density at radius 3 is 2.23 bits per heavy atom. The monoisotopic (exact) mass is 438 g/mol. The fourth-order valence-electron chi connectivity index (χ4n) is 4.10. The summed E-state index contributed by atoms with van der Waals surface area (Å²) >= 11 is 0. The Morgan fingerprint density at radius 2 is 1.65 bits per heavy atom. The molecule has 2 fully saturated rings. The Bertz CT molecular complexity index is 547. The number of rotatable bonds is 8. The molecule has 0 aromatic rings. The quantitative estimate of drug-likeness (QED) is 0.344. The van der Waals surface area contributed by atoms with Crippen molar-refractivity contribution in [2.24, 2.45) is 4.99 Å². The van der Waals surface area contributed by atoms with Crippen molar-refractivity contribution in [3.63, 3.8) is 0 Å². The van der Waals surface area contributed by atoms with Gasteiger partial charge in [0.1, 0.15) is 5.60 Å². The number of guanidine groups is 1. The second kappa shape index (κ2) is 13.1. The van der Waals surface area contributed by atoms with Crippen molar-refractivity contribution in [1.29, 1.82) is 0 Å². The van der Waals surface area contributed by atoms with Crippen LogP contribution in [0.3, 0.4) is 0 Å². The molecule has 8 heteroatoms. The van der Waals surface area contributed by atoms with E-state index < -0.39 is 5.60 Å². The van der Waals surface area contributed by atoms with Gasteiger partial charge in [0.25, 0.3) is 0 Å². The fraction of sp³-hybridized carbons (Fsp3) is 0.913. The van der Waals surface area contributed by atoms with E-state index in [9.17, 15) is 4.79 Å². The van der Waals surface area contributed by atoms with E-state index in [2.05, 4.69) is 34.3 Å². The van der Waals surface area contributed by atoms with E-state index in [0.717, 1.165) is 58.2 Å². The fourth-order valence-corrected chi connectivity index (χ4v) is 4.10. The molecule has 2 saturated heterocycles. The average Bonchev–Trinajstić information content (AvgIpc) is 2.72. The van der Waals surface area contributed by atoms with E-state index in [1.807, 2.05) is 25.7 Å². The van der Waals surface area contributed by atoms with Crippen molar-refractivity contribution in [2.45, 2.75) is 71.9 Å². The summed E-state index contributed by atoms with van der Waals surface area (Å²) in [6.45, 7) is 19.7. The Kier molecular flexibility index (Phi) is 10.9. The predicted molar refractivity (Wildman–Crippen MR) is 128 cm³/mol. The molecule has 0 unspecified atom stereocenters. The molecule has 0 aromatic heterocycles. The van der Waals surface area contributed by atoms with Gasteiger partial charge in [0.2, 0.25) is 0 Å². The van der Waals surface area contributed by atoms with E-state index in [4.69, 9.17) is 9.73 Å². The first-order chi connectivity index (χ1) is 14.8. The van der Waals surface area contributed by atoms with Crippen LogP contribution in [0.5, 0.6) is 0 Å². The zero-order chi connectivity index (χ0) is 22.7. The minimum atomic E-state index is -0.434. The molecule has 8 nitrogen and oxygen atoms in total. The summed E-state index contributed by atoms with van der Waals surface area (Å²) in [4.78, 5) is 23.8. The lowest BCUT2D eigenvalue weighted by atomic mass is 10.1. The minimum Gasteiger partial charge on any atom is -0.444 e. The van der Waals surface area contributed by atoms with Crippen LogP contribution in [0.25, 0.3) is 0 Å². The third kappa shape index (κ3) is 10.1. The molecule has 2 aliphatic rings. The van der Waals surface area contributed by atoms with Gasteiger partial charge in [0.05, 0.1) is 0 Å². The molecule has 2 rings (SSSR count). The standard InChI is InChI=1S/C23H46N6O2/c1-6-12-27-14-9-20(10-15-27)26-21(24-7-2)25-11-8-13-28-16-18-29(19-17-28)22(30)31-23(3,4)5/h20H,6-19H2,1-5H3,(H2,24,25,26). The lowest BCUT2D eigenvalue weighted by molar-refractivity contribution is 0.0145. The molecular formula is C23H46N6O2. The number of hydrogen-bond acceptors (Lipinski definition) is 5. The summed E-state index contributed by atoms with van der Waals surface area (Å²) in [5.74, 6) is 0.950. The number of carbonyl (C=O) groups is 1. The number of nitrogens with one attached hydrogen (secondary N) is 2. The summed E-state index contributed by atoms with van der Waals surface area (Å²) in [6.07, 6.45) is 4.44. The average molecular weight is 439 g/mol. The highest BCUT2D eigenvalue weighted by molar-refractivity contribution is 5.80. The number of piperazine rings is 1. The number of hydrogen-bond donors (Lipinski definition) is 2. The number of piperidine rings is 1. The molecule has 2 aliphatic heterocycles. The third-order valence-electron chi connectivity index (χ3n) is 5.74. The highest BCUT2D eigenvalue weighted by atomic mass is 16.6. The van der Waals surface area contributed by atoms with Crippen molar-refractivity contribution in [2.75, 3.05) is 65.4 Å². The van der Waals surface area contributed by atoms with Gasteiger partial charge < -0.3 is 25.2 Å². The van der Waals surface area contributed by atoms with Crippen LogP contribution in [0, 0.1) is 0 Å². The number of amides is 1. The van der Waals surface area contributed by atoms with Crippen molar-refractivity contribution in [3.05, 3.63) is 0 Å². The van der Waals surface area contributed by atoms with Crippen LogP contribution in [-0.4, -0.2) is 104 Å². The highest BCUT2D eigenvalue weighted by Gasteiger charge is 2.25. The smallest absolute Gasteiger partial charge is 0.410 e. The van der Waals surface area contributed by atoms with Crippen molar-refractivity contribution >= 4 is 12.1 Å². The molecule has 0 aromatic carbocycles. The molecule has 0 saturated carbocycles. The van der Waals surface area contributed by atoms with E-state index in [-0.39, 0.29) is 6.09 Å². The molecule has 0 radical (unpaired) electrons. The number of aliphatic imine (C=N–C) groups is 1. The Balaban J connectivity index is 1.65. The number of nitrogens with zero attached hydrogens (tertiary/aromatic N) is 4. The number of ether oxygens (including phenoxy) is 1. The van der Waals surface area contributed by atoms with Crippen LogP contribution >= 0.6 is 0 Å². The van der Waals surface area contributed by atoms with Gasteiger partial charge in [-0.3, -0.25) is 9.89 Å². The first-order valence-corrected chi connectivity index (χ1v) is 12.3. The van der Waals surface area contributed by atoms with Crippen LogP contribution < -0.4 is 10.6 Å². The summed E-state index contributed by atoms with van der Waals surface area (Å²) in [5.41, 5.74) is -0.434. The van der Waals surface area contributed by atoms with Gasteiger partial charge in [-0.25, -0.2) is 4.79 Å². The van der Waals surface area contributed by atoms with Gasteiger partial charge in [-0.15, -0.1) is 0 Å². The topological polar surface area (TPSA) is 72.4 Å². The molecule has 0 aliphatic carbocycles. The third-order valence-corrected chi connectivity index (χ3v) is 5.74. The summed E-state index contributed by atoms with van der Waals surface area (Å²) < 4.78 is 5.47. The van der Waals surface area contributed by atoms with E-state index in [1.54, 1.807) is 0 Å². The minimum absolute atomic E-state index is 0.196. The van der Waals surface area contributed by atoms with Gasteiger partial charge >= 0.3 is 6.09 Å². The van der Waals surface area contributed by atoms with Crippen LogP contribution in [0.2, 0.25) is 0 Å². The van der Waals surface area contributed by atoms with Crippen LogP contribution in [0.15, 0.2) is 4.99 Å². The molecule has 0 spiro atoms. The van der Waals surface area contributed by atoms with Crippen LogP contribution in [0.1, 0.15) is 60.3 Å². The second-order valence-electron chi connectivity index (χ2n) is 9.68. The molecule has 0 bridgehead atoms. The van der Waals surface area contributed by atoms with E-state index in [1.165, 1.54) is 38.9 Å². The van der Waals surface area contributed by atoms with E-state index >= 15 is 0 Å². The maximum absolute atomic E-state index is 12.2. The Labute approximate surface area is 189 Å². The van der Waals surface area contributed by atoms with Gasteiger partial charge in [0, 0.05) is 64.9 Å². The largest absolute Gasteiger partial charge is 0.444 e. The van der Waals surface area contributed by atoms with Crippen LogP contribution in [-0.2, 0) is 4.74 Å². The van der Waals surface area contributed by atoms with Gasteiger partial charge in [-0.2, -0.15) is 0 Å². The molecule has 0 atom stereocenters. The lowest BCUT2D eigenvalue weighted by Crippen LogP contribution is -2.50. The first-order valence-electron chi connectivity index (χ1n) is 12.3. The maximum atomic E-state index is 12.2. The Hall–Kier alpha value is -1.54. The van der Waals surface area contributed by atoms with Crippen LogP contribution in [0.4, 0.5) is 4.79 Å². The zero-order valence-corrected chi connectivity index (χ0v) is 20.6. The highest BCUT2D eigenvalue weighted by Crippen LogP contribution is 2.12. The normalized spacial score (nSPS) is 20.0. The van der Waals surface area contributed by atoms with Gasteiger partial charge in [-0.1, -0.05) is 6.92 Å². The SMILES string of the molecule is CCCN1CCC(NC(=NCCCN2CCN(C(=O)OC(C)(C)C)CC2)NCC)CC1. The summed E-state index contributed by atoms with van der Waals surface area (Å²) in [7, 11) is 0. The van der Waals surface area contributed by atoms with Gasteiger partial charge in [0.15, 0.2) is 5.96 Å². The Morgan fingerprint density at radius 1 is 1.00 bits per heavy atom. The summed E-state index contributed by atoms with van der Waals surface area (Å²) in [5, 5.41) is 7.03. The maximum Gasteiger partial charge on any atom is 0.410 e. The van der Waals surface area contributed by atoms with Gasteiger partial charge in [-0.05, 0) is 59.9 Å². The number of carbonyl (C=O) groups excluding carboxylic acids is 1. The van der Waals surface area contributed by atoms with Crippen molar-refractivity contribution in [1.82, 2.24) is 25.3 Å². The molecular weight excluding hydrogens is 392 g/mol. The lowest BCUT2D eigenvalue weighted by Gasteiger charge is -2.35. The van der Waals surface area contributed by atoms with Crippen molar-refractivity contribution < 1.29 is 9.53 Å². The summed E-state index contributed by atoms with van der Waals surface area (Å²) in [6, 6.07) is 0.520. The molecule has 2 heterocycles. The number of likely N-dealkylation sites (tertiary alicyclic amines) is 1. The van der Waals surface area contributed by atoms with Crippen molar-refractivity contribution in [3.8, 4) is 0 Å². The molecule has 2 N–H and O–H groups in total. The predicted octanol–water partition coefficient (Wildman–Crippen LogP) is 2.36. The van der Waals surface area contributed by atoms with E-state index in [0.29, 0.717) is 6.04 Å². The first kappa shape index (κ1) is 25.7.